The third kappa shape index (κ3) is 3.06. The fourth-order valence-corrected chi connectivity index (χ4v) is 2.96. The maximum absolute atomic E-state index is 12.3. The first kappa shape index (κ1) is 16.3. The first-order valence-corrected chi connectivity index (χ1v) is 7.54. The fraction of sp³-hybridized carbons (Fsp3) is 0.444. The van der Waals surface area contributed by atoms with E-state index < -0.39 is 11.5 Å². The third-order valence-electron chi connectivity index (χ3n) is 4.70. The van der Waals surface area contributed by atoms with Crippen molar-refractivity contribution < 1.29 is 14.3 Å². The summed E-state index contributed by atoms with van der Waals surface area (Å²) in [4.78, 5) is 25.7. The molecule has 118 valence electrons. The third-order valence-corrected chi connectivity index (χ3v) is 4.70. The molecule has 0 N–H and O–H groups in total. The molecule has 0 saturated heterocycles. The highest BCUT2D eigenvalue weighted by Crippen LogP contribution is 2.39. The van der Waals surface area contributed by atoms with Crippen molar-refractivity contribution in [2.75, 3.05) is 7.11 Å². The molecule has 22 heavy (non-hydrogen) atoms. The summed E-state index contributed by atoms with van der Waals surface area (Å²) in [5.74, 6) is 0.169. The Kier molecular flexibility index (Phi) is 5.01. The van der Waals surface area contributed by atoms with E-state index in [9.17, 15) is 9.59 Å². The van der Waals surface area contributed by atoms with E-state index in [-0.39, 0.29) is 12.0 Å². The zero-order valence-corrected chi connectivity index (χ0v) is 13.4. The standard InChI is InChI=1S/C18H23NO3/c1-14-8-7-11-16(18(14,2)13-20)19(17(21)22-3)12-15-9-5-4-6-10-15/h4-7,9-11,13-14,16H,8,12H2,1-3H3/t14-,16-,18+/m0/s1. The summed E-state index contributed by atoms with van der Waals surface area (Å²) in [7, 11) is 1.37. The van der Waals surface area contributed by atoms with Gasteiger partial charge in [-0.05, 0) is 17.9 Å². The molecule has 0 heterocycles. The van der Waals surface area contributed by atoms with E-state index in [4.69, 9.17) is 4.74 Å². The number of carbonyl (C=O) groups excluding carboxylic acids is 2. The normalized spacial score (nSPS) is 27.2. The number of amides is 1. The zero-order chi connectivity index (χ0) is 16.2. The molecule has 0 aromatic heterocycles. The molecule has 0 fully saturated rings. The summed E-state index contributed by atoms with van der Waals surface area (Å²) in [6, 6.07) is 9.42. The SMILES string of the molecule is COC(=O)N(Cc1ccccc1)[C@H]1C=CC[C@H](C)[C@@]1(C)C=O. The summed E-state index contributed by atoms with van der Waals surface area (Å²) < 4.78 is 4.95. The quantitative estimate of drug-likeness (QED) is 0.632. The molecule has 4 nitrogen and oxygen atoms in total. The van der Waals surface area contributed by atoms with Crippen LogP contribution >= 0.6 is 0 Å². The Morgan fingerprint density at radius 3 is 2.68 bits per heavy atom. The number of hydrogen-bond donors (Lipinski definition) is 0. The van der Waals surface area contributed by atoms with Crippen LogP contribution in [0.25, 0.3) is 0 Å². The maximum Gasteiger partial charge on any atom is 0.410 e. The molecule has 0 radical (unpaired) electrons. The molecular formula is C18H23NO3. The Hall–Kier alpha value is -2.10. The topological polar surface area (TPSA) is 46.6 Å². The zero-order valence-electron chi connectivity index (χ0n) is 13.4. The predicted octanol–water partition coefficient (Wildman–Crippen LogP) is 3.42. The molecule has 1 aliphatic carbocycles. The summed E-state index contributed by atoms with van der Waals surface area (Å²) >= 11 is 0. The highest BCUT2D eigenvalue weighted by atomic mass is 16.5. The monoisotopic (exact) mass is 301 g/mol. The van der Waals surface area contributed by atoms with E-state index in [1.807, 2.05) is 56.3 Å². The average molecular weight is 301 g/mol. The van der Waals surface area contributed by atoms with Crippen molar-refractivity contribution >= 4 is 12.4 Å². The number of methoxy groups -OCH3 is 1. The number of rotatable bonds is 4. The van der Waals surface area contributed by atoms with Crippen LogP contribution in [0.1, 0.15) is 25.8 Å². The second-order valence-electron chi connectivity index (χ2n) is 6.08. The molecule has 0 unspecified atom stereocenters. The Labute approximate surface area is 131 Å². The van der Waals surface area contributed by atoms with Crippen LogP contribution in [-0.2, 0) is 16.1 Å². The van der Waals surface area contributed by atoms with Crippen LogP contribution in [-0.4, -0.2) is 30.4 Å². The lowest BCUT2D eigenvalue weighted by molar-refractivity contribution is -0.121. The largest absolute Gasteiger partial charge is 0.453 e. The fourth-order valence-electron chi connectivity index (χ4n) is 2.96. The van der Waals surface area contributed by atoms with Gasteiger partial charge in [0.05, 0.1) is 18.6 Å². The van der Waals surface area contributed by atoms with Gasteiger partial charge in [0.25, 0.3) is 0 Å². The first-order chi connectivity index (χ1) is 10.5. The van der Waals surface area contributed by atoms with Crippen LogP contribution in [0.5, 0.6) is 0 Å². The summed E-state index contributed by atoms with van der Waals surface area (Å²) in [6.07, 6.45) is 5.40. The number of carbonyl (C=O) groups is 2. The molecule has 0 saturated carbocycles. The van der Waals surface area contributed by atoms with E-state index >= 15 is 0 Å². The summed E-state index contributed by atoms with van der Waals surface area (Å²) in [5, 5.41) is 0. The van der Waals surface area contributed by atoms with Crippen molar-refractivity contribution in [2.45, 2.75) is 32.9 Å². The number of nitrogens with zero attached hydrogens (tertiary/aromatic N) is 1. The molecule has 4 heteroatoms. The van der Waals surface area contributed by atoms with Crippen LogP contribution in [0.2, 0.25) is 0 Å². The highest BCUT2D eigenvalue weighted by molar-refractivity contribution is 5.71. The summed E-state index contributed by atoms with van der Waals surface area (Å²) in [6.45, 7) is 4.38. The van der Waals surface area contributed by atoms with Crippen molar-refractivity contribution in [1.29, 1.82) is 0 Å². The smallest absolute Gasteiger partial charge is 0.410 e. The molecule has 0 spiro atoms. The molecular weight excluding hydrogens is 278 g/mol. The first-order valence-electron chi connectivity index (χ1n) is 7.54. The van der Waals surface area contributed by atoms with E-state index in [1.165, 1.54) is 7.11 Å². The molecule has 1 amide bonds. The van der Waals surface area contributed by atoms with Crippen LogP contribution in [0.4, 0.5) is 4.79 Å². The van der Waals surface area contributed by atoms with Gasteiger partial charge in [-0.1, -0.05) is 56.3 Å². The molecule has 0 aliphatic heterocycles. The van der Waals surface area contributed by atoms with Crippen molar-refractivity contribution in [3.8, 4) is 0 Å². The average Bonchev–Trinajstić information content (AvgIpc) is 2.55. The Bertz CT molecular complexity index is 555. The van der Waals surface area contributed by atoms with Crippen molar-refractivity contribution in [3.05, 3.63) is 48.0 Å². The maximum atomic E-state index is 12.3. The second kappa shape index (κ2) is 6.77. The van der Waals surface area contributed by atoms with E-state index in [2.05, 4.69) is 0 Å². The van der Waals surface area contributed by atoms with Gasteiger partial charge in [0.1, 0.15) is 6.29 Å². The van der Waals surface area contributed by atoms with Gasteiger partial charge >= 0.3 is 6.09 Å². The van der Waals surface area contributed by atoms with Crippen LogP contribution in [0, 0.1) is 11.3 Å². The predicted molar refractivity (Wildman–Crippen MR) is 85.3 cm³/mol. The molecule has 2 rings (SSSR count). The number of allylic oxidation sites excluding steroid dienone is 1. The minimum atomic E-state index is -0.613. The van der Waals surface area contributed by atoms with Gasteiger partial charge < -0.3 is 9.53 Å². The molecule has 0 bridgehead atoms. The van der Waals surface area contributed by atoms with Crippen LogP contribution < -0.4 is 0 Å². The minimum absolute atomic E-state index is 0.169. The number of benzene rings is 1. The van der Waals surface area contributed by atoms with Gasteiger partial charge in [0.15, 0.2) is 0 Å². The van der Waals surface area contributed by atoms with Gasteiger partial charge in [-0.2, -0.15) is 0 Å². The minimum Gasteiger partial charge on any atom is -0.453 e. The Morgan fingerprint density at radius 1 is 1.41 bits per heavy atom. The van der Waals surface area contributed by atoms with Gasteiger partial charge in [-0.15, -0.1) is 0 Å². The van der Waals surface area contributed by atoms with Gasteiger partial charge in [0, 0.05) is 6.54 Å². The van der Waals surface area contributed by atoms with Gasteiger partial charge in [0.2, 0.25) is 0 Å². The molecule has 1 aromatic rings. The van der Waals surface area contributed by atoms with Gasteiger partial charge in [-0.25, -0.2) is 4.79 Å². The van der Waals surface area contributed by atoms with Crippen molar-refractivity contribution in [1.82, 2.24) is 4.90 Å². The van der Waals surface area contributed by atoms with E-state index in [0.717, 1.165) is 18.3 Å². The van der Waals surface area contributed by atoms with Gasteiger partial charge in [-0.3, -0.25) is 4.90 Å². The van der Waals surface area contributed by atoms with Crippen LogP contribution in [0.15, 0.2) is 42.5 Å². The number of aldehydes is 1. The molecule has 1 aromatic carbocycles. The Balaban J connectivity index is 2.36. The van der Waals surface area contributed by atoms with E-state index in [0.29, 0.717) is 6.54 Å². The summed E-state index contributed by atoms with van der Waals surface area (Å²) in [5.41, 5.74) is 0.394. The highest BCUT2D eigenvalue weighted by Gasteiger charge is 2.44. The van der Waals surface area contributed by atoms with Crippen LogP contribution in [0.3, 0.4) is 0 Å². The Morgan fingerprint density at radius 2 is 2.09 bits per heavy atom. The van der Waals surface area contributed by atoms with Crippen molar-refractivity contribution in [2.24, 2.45) is 11.3 Å². The molecule has 1 aliphatic rings. The second-order valence-corrected chi connectivity index (χ2v) is 6.08. The lowest BCUT2D eigenvalue weighted by atomic mass is 9.68. The number of hydrogen-bond acceptors (Lipinski definition) is 3. The van der Waals surface area contributed by atoms with E-state index in [1.54, 1.807) is 4.90 Å². The lowest BCUT2D eigenvalue weighted by Gasteiger charge is -2.44. The number of ether oxygens (including phenoxy) is 1. The molecule has 3 atom stereocenters. The van der Waals surface area contributed by atoms with Crippen molar-refractivity contribution in [3.63, 3.8) is 0 Å². The lowest BCUT2D eigenvalue weighted by Crippen LogP contribution is -2.52.